The minimum atomic E-state index is -0.518. The van der Waals surface area contributed by atoms with E-state index in [2.05, 4.69) is 5.32 Å². The molecule has 1 saturated carbocycles. The van der Waals surface area contributed by atoms with Crippen LogP contribution in [0, 0.1) is 5.92 Å². The summed E-state index contributed by atoms with van der Waals surface area (Å²) in [5.74, 6) is 0.152. The minimum Gasteiger partial charge on any atom is -0.399 e. The number of hydrogen-bond donors (Lipinski definition) is 3. The Morgan fingerprint density at radius 1 is 1.47 bits per heavy atom. The van der Waals surface area contributed by atoms with Crippen molar-refractivity contribution < 1.29 is 4.79 Å². The number of rotatable bonds is 4. The molecule has 4 nitrogen and oxygen atoms in total. The van der Waals surface area contributed by atoms with E-state index in [4.69, 9.17) is 23.1 Å². The summed E-state index contributed by atoms with van der Waals surface area (Å²) in [5, 5.41) is 3.65. The van der Waals surface area contributed by atoms with Gasteiger partial charge >= 0.3 is 0 Å². The molecular formula is C12H16ClN3O. The van der Waals surface area contributed by atoms with Gasteiger partial charge in [-0.25, -0.2) is 0 Å². The maximum Gasteiger partial charge on any atom is 0.250 e. The highest BCUT2D eigenvalue weighted by Crippen LogP contribution is 2.31. The number of carbonyl (C=O) groups is 1. The van der Waals surface area contributed by atoms with Crippen LogP contribution in [0.25, 0.3) is 0 Å². The normalized spacial score (nSPS) is 15.4. The second-order valence-electron chi connectivity index (χ2n) is 4.47. The lowest BCUT2D eigenvalue weighted by molar-refractivity contribution is 0.100. The number of hydrogen-bond acceptors (Lipinski definition) is 3. The van der Waals surface area contributed by atoms with Crippen molar-refractivity contribution in [2.24, 2.45) is 11.7 Å². The molecule has 2 rings (SSSR count). The van der Waals surface area contributed by atoms with Crippen molar-refractivity contribution in [3.05, 3.63) is 22.7 Å². The van der Waals surface area contributed by atoms with Gasteiger partial charge < -0.3 is 16.8 Å². The average Bonchev–Trinajstić information content (AvgIpc) is 2.17. The molecule has 1 aliphatic carbocycles. The van der Waals surface area contributed by atoms with E-state index in [0.29, 0.717) is 27.9 Å². The van der Waals surface area contributed by atoms with E-state index >= 15 is 0 Å². The van der Waals surface area contributed by atoms with Crippen molar-refractivity contribution in [3.63, 3.8) is 0 Å². The van der Waals surface area contributed by atoms with Crippen molar-refractivity contribution in [1.29, 1.82) is 0 Å². The number of benzene rings is 1. The van der Waals surface area contributed by atoms with Gasteiger partial charge in [0.15, 0.2) is 0 Å². The number of anilines is 2. The van der Waals surface area contributed by atoms with Crippen LogP contribution in [0.15, 0.2) is 12.1 Å². The van der Waals surface area contributed by atoms with Gasteiger partial charge in [0.2, 0.25) is 0 Å². The molecule has 0 saturated heterocycles. The Morgan fingerprint density at radius 3 is 2.71 bits per heavy atom. The van der Waals surface area contributed by atoms with Crippen LogP contribution in [0.1, 0.15) is 29.6 Å². The third-order valence-electron chi connectivity index (χ3n) is 3.17. The topological polar surface area (TPSA) is 81.1 Å². The molecule has 0 aliphatic heterocycles. The van der Waals surface area contributed by atoms with Gasteiger partial charge in [-0.05, 0) is 30.9 Å². The van der Waals surface area contributed by atoms with E-state index in [9.17, 15) is 4.79 Å². The highest BCUT2D eigenvalue weighted by atomic mass is 35.5. The molecule has 0 atom stereocenters. The minimum absolute atomic E-state index is 0.356. The van der Waals surface area contributed by atoms with Gasteiger partial charge in [-0.3, -0.25) is 4.79 Å². The molecule has 0 spiro atoms. The number of carbonyl (C=O) groups excluding carboxylic acids is 1. The Morgan fingerprint density at radius 2 is 2.18 bits per heavy atom. The first kappa shape index (κ1) is 12.0. The molecule has 1 amide bonds. The summed E-state index contributed by atoms with van der Waals surface area (Å²) in [6.45, 7) is 0.823. The number of nitrogens with one attached hydrogen (secondary N) is 1. The fourth-order valence-electron chi connectivity index (χ4n) is 1.94. The molecule has 1 aliphatic rings. The molecule has 1 aromatic carbocycles. The van der Waals surface area contributed by atoms with E-state index < -0.39 is 5.91 Å². The molecule has 92 valence electrons. The largest absolute Gasteiger partial charge is 0.399 e. The SMILES string of the molecule is NC(=O)c1cc(N)cc(Cl)c1NCC1CCC1. The Hall–Kier alpha value is -1.42. The van der Waals surface area contributed by atoms with Crippen LogP contribution < -0.4 is 16.8 Å². The maximum absolute atomic E-state index is 11.3. The summed E-state index contributed by atoms with van der Waals surface area (Å²) in [7, 11) is 0. The van der Waals surface area contributed by atoms with Gasteiger partial charge in [0.25, 0.3) is 5.91 Å². The number of amides is 1. The van der Waals surface area contributed by atoms with Gasteiger partial charge in [0.05, 0.1) is 16.3 Å². The Balaban J connectivity index is 2.20. The van der Waals surface area contributed by atoms with Crippen LogP contribution in [0.3, 0.4) is 0 Å². The predicted molar refractivity (Wildman–Crippen MR) is 70.2 cm³/mol. The van der Waals surface area contributed by atoms with Crippen molar-refractivity contribution in [2.75, 3.05) is 17.6 Å². The Bertz CT molecular complexity index is 444. The van der Waals surface area contributed by atoms with Crippen LogP contribution in [0.5, 0.6) is 0 Å². The molecule has 0 radical (unpaired) electrons. The third kappa shape index (κ3) is 2.64. The van der Waals surface area contributed by atoms with Crippen LogP contribution in [-0.2, 0) is 0 Å². The number of halogens is 1. The van der Waals surface area contributed by atoms with E-state index in [0.717, 1.165) is 6.54 Å². The smallest absolute Gasteiger partial charge is 0.250 e. The second-order valence-corrected chi connectivity index (χ2v) is 4.87. The lowest BCUT2D eigenvalue weighted by Gasteiger charge is -2.26. The lowest BCUT2D eigenvalue weighted by atomic mass is 9.85. The first-order valence-corrected chi connectivity index (χ1v) is 6.08. The lowest BCUT2D eigenvalue weighted by Crippen LogP contribution is -2.23. The first-order chi connectivity index (χ1) is 8.08. The summed E-state index contributed by atoms with van der Waals surface area (Å²) in [6, 6.07) is 3.18. The Labute approximate surface area is 105 Å². The Kier molecular flexibility index (Phi) is 3.43. The van der Waals surface area contributed by atoms with Crippen LogP contribution in [0.4, 0.5) is 11.4 Å². The van der Waals surface area contributed by atoms with E-state index in [1.54, 1.807) is 12.1 Å². The second kappa shape index (κ2) is 4.84. The molecule has 0 bridgehead atoms. The van der Waals surface area contributed by atoms with Crippen molar-refractivity contribution >= 4 is 28.9 Å². The van der Waals surface area contributed by atoms with Gasteiger partial charge in [-0.2, -0.15) is 0 Å². The molecule has 0 heterocycles. The van der Waals surface area contributed by atoms with Crippen LogP contribution >= 0.6 is 11.6 Å². The zero-order valence-corrected chi connectivity index (χ0v) is 10.3. The number of nitrogen functional groups attached to an aromatic ring is 1. The van der Waals surface area contributed by atoms with Crippen molar-refractivity contribution in [2.45, 2.75) is 19.3 Å². The summed E-state index contributed by atoms with van der Waals surface area (Å²) >= 11 is 6.07. The van der Waals surface area contributed by atoms with Crippen molar-refractivity contribution in [1.82, 2.24) is 0 Å². The molecule has 5 N–H and O–H groups in total. The van der Waals surface area contributed by atoms with E-state index in [1.165, 1.54) is 19.3 Å². The van der Waals surface area contributed by atoms with Crippen molar-refractivity contribution in [3.8, 4) is 0 Å². The van der Waals surface area contributed by atoms with Gasteiger partial charge in [-0.15, -0.1) is 0 Å². The monoisotopic (exact) mass is 253 g/mol. The zero-order chi connectivity index (χ0) is 12.4. The van der Waals surface area contributed by atoms with E-state index in [-0.39, 0.29) is 0 Å². The third-order valence-corrected chi connectivity index (χ3v) is 3.47. The fraction of sp³-hybridized carbons (Fsp3) is 0.417. The molecule has 1 fully saturated rings. The summed E-state index contributed by atoms with van der Waals surface area (Å²) < 4.78 is 0. The summed E-state index contributed by atoms with van der Waals surface area (Å²) in [4.78, 5) is 11.3. The number of nitrogens with two attached hydrogens (primary N) is 2. The molecular weight excluding hydrogens is 238 g/mol. The fourth-order valence-corrected chi connectivity index (χ4v) is 2.24. The highest BCUT2D eigenvalue weighted by Gasteiger charge is 2.19. The molecule has 5 heteroatoms. The molecule has 0 unspecified atom stereocenters. The first-order valence-electron chi connectivity index (χ1n) is 5.70. The number of primary amides is 1. The predicted octanol–water partition coefficient (Wildman–Crippen LogP) is 2.23. The quantitative estimate of drug-likeness (QED) is 0.720. The molecule has 1 aromatic rings. The van der Waals surface area contributed by atoms with Gasteiger partial charge in [-0.1, -0.05) is 18.0 Å². The van der Waals surface area contributed by atoms with E-state index in [1.807, 2.05) is 0 Å². The van der Waals surface area contributed by atoms with Crippen LogP contribution in [-0.4, -0.2) is 12.5 Å². The van der Waals surface area contributed by atoms with Crippen LogP contribution in [0.2, 0.25) is 5.02 Å². The molecule has 0 aromatic heterocycles. The van der Waals surface area contributed by atoms with Gasteiger partial charge in [0, 0.05) is 12.2 Å². The zero-order valence-electron chi connectivity index (χ0n) is 9.50. The standard InChI is InChI=1S/C12H16ClN3O/c13-10-5-8(14)4-9(12(15)17)11(10)16-6-7-2-1-3-7/h4-5,7,16H,1-3,6,14H2,(H2,15,17). The summed E-state index contributed by atoms with van der Waals surface area (Å²) in [5.41, 5.74) is 12.3. The highest BCUT2D eigenvalue weighted by molar-refractivity contribution is 6.34. The maximum atomic E-state index is 11.3. The summed E-state index contributed by atoms with van der Waals surface area (Å²) in [6.07, 6.45) is 3.74. The average molecular weight is 254 g/mol. The van der Waals surface area contributed by atoms with Gasteiger partial charge in [0.1, 0.15) is 0 Å². The molecule has 17 heavy (non-hydrogen) atoms.